The molecular weight excluding hydrogens is 448 g/mol. The van der Waals surface area contributed by atoms with Gasteiger partial charge in [-0.1, -0.05) is 60.1 Å². The maximum atomic E-state index is 12.8. The molecular formula is C32H50O4. The molecule has 4 nitrogen and oxygen atoms in total. The Morgan fingerprint density at radius 3 is 2.19 bits per heavy atom. The highest BCUT2D eigenvalue weighted by atomic mass is 16.5. The summed E-state index contributed by atoms with van der Waals surface area (Å²) in [5.41, 5.74) is 1.50. The molecule has 0 aromatic rings. The first kappa shape index (κ1) is 26.3. The highest BCUT2D eigenvalue weighted by Gasteiger charge is 2.69. The zero-order valence-electron chi connectivity index (χ0n) is 24.1. The van der Waals surface area contributed by atoms with Crippen molar-refractivity contribution in [3.8, 4) is 0 Å². The van der Waals surface area contributed by atoms with E-state index in [4.69, 9.17) is 4.74 Å². The molecule has 0 spiro atoms. The smallest absolute Gasteiger partial charge is 0.310 e. The summed E-state index contributed by atoms with van der Waals surface area (Å²) in [5, 5.41) is 10.5. The summed E-state index contributed by atoms with van der Waals surface area (Å²) in [6.45, 7) is 18.5. The van der Waals surface area contributed by atoms with E-state index in [-0.39, 0.29) is 45.1 Å². The summed E-state index contributed by atoms with van der Waals surface area (Å²) in [4.78, 5) is 24.7. The predicted octanol–water partition coefficient (Wildman–Crippen LogP) is 7.80. The maximum Gasteiger partial charge on any atom is 0.310 e. The lowest BCUT2D eigenvalue weighted by molar-refractivity contribution is -0.213. The summed E-state index contributed by atoms with van der Waals surface area (Å²) in [6.07, 6.45) is 12.6. The number of hydrogen-bond donors (Lipinski definition) is 1. The van der Waals surface area contributed by atoms with E-state index in [1.54, 1.807) is 6.92 Å². The summed E-state index contributed by atoms with van der Waals surface area (Å²) in [6, 6.07) is 0. The zero-order chi connectivity index (χ0) is 26.5. The van der Waals surface area contributed by atoms with Crippen molar-refractivity contribution in [3.05, 3.63) is 11.6 Å². The second-order valence-electron chi connectivity index (χ2n) is 15.6. The summed E-state index contributed by atoms with van der Waals surface area (Å²) >= 11 is 0. The van der Waals surface area contributed by atoms with E-state index in [9.17, 15) is 14.7 Å². The Morgan fingerprint density at radius 1 is 0.889 bits per heavy atom. The van der Waals surface area contributed by atoms with Crippen molar-refractivity contribution in [2.45, 2.75) is 126 Å². The van der Waals surface area contributed by atoms with E-state index in [0.717, 1.165) is 57.8 Å². The van der Waals surface area contributed by atoms with Gasteiger partial charge < -0.3 is 9.84 Å². The molecule has 0 bridgehead atoms. The number of fused-ring (bicyclic) bond motifs is 7. The maximum absolute atomic E-state index is 12.8. The van der Waals surface area contributed by atoms with Gasteiger partial charge in [0.15, 0.2) is 0 Å². The van der Waals surface area contributed by atoms with Crippen LogP contribution in [0.3, 0.4) is 0 Å². The Labute approximate surface area is 219 Å². The van der Waals surface area contributed by atoms with Crippen LogP contribution in [0.5, 0.6) is 0 Å². The third kappa shape index (κ3) is 3.30. The lowest BCUT2D eigenvalue weighted by Gasteiger charge is -2.71. The van der Waals surface area contributed by atoms with Crippen LogP contribution in [0.25, 0.3) is 0 Å². The van der Waals surface area contributed by atoms with Gasteiger partial charge >= 0.3 is 11.9 Å². The Bertz CT molecular complexity index is 992. The molecule has 8 atom stereocenters. The van der Waals surface area contributed by atoms with Crippen LogP contribution in [0, 0.1) is 50.2 Å². The number of esters is 1. The van der Waals surface area contributed by atoms with Crippen LogP contribution in [-0.2, 0) is 14.3 Å². The predicted molar refractivity (Wildman–Crippen MR) is 142 cm³/mol. The molecule has 0 heterocycles. The standard InChI is InChI=1S/C32H50O4/c1-20(33)36-25-12-13-29(6)23(28(25,4)5)11-14-31(8)24(29)10-9-21-22-19-27(2,3)15-17-32(22,26(34)35)18-16-30(21,31)7/h9,22-25H,10-19H2,1-8H3,(H,34,35)/t22-,23-,24-,25-,29+,30-,31-,32+/m1/s1. The minimum atomic E-state index is -0.574. The van der Waals surface area contributed by atoms with Gasteiger partial charge in [0.05, 0.1) is 5.41 Å². The molecule has 0 aromatic heterocycles. The summed E-state index contributed by atoms with van der Waals surface area (Å²) in [7, 11) is 0. The number of hydrogen-bond acceptors (Lipinski definition) is 3. The molecule has 4 saturated carbocycles. The van der Waals surface area contributed by atoms with Crippen molar-refractivity contribution >= 4 is 11.9 Å². The van der Waals surface area contributed by atoms with Crippen molar-refractivity contribution in [1.82, 2.24) is 0 Å². The quantitative estimate of drug-likeness (QED) is 0.311. The second-order valence-corrected chi connectivity index (χ2v) is 15.6. The minimum Gasteiger partial charge on any atom is -0.481 e. The van der Waals surface area contributed by atoms with E-state index in [2.05, 4.69) is 54.5 Å². The number of allylic oxidation sites excluding steroid dienone is 2. The highest BCUT2D eigenvalue weighted by molar-refractivity contribution is 5.76. The lowest BCUT2D eigenvalue weighted by atomic mass is 9.33. The van der Waals surface area contributed by atoms with E-state index in [1.165, 1.54) is 12.0 Å². The number of ether oxygens (including phenoxy) is 1. The Balaban J connectivity index is 1.55. The fourth-order valence-corrected chi connectivity index (χ4v) is 11.0. The zero-order valence-corrected chi connectivity index (χ0v) is 24.1. The fourth-order valence-electron chi connectivity index (χ4n) is 11.0. The fraction of sp³-hybridized carbons (Fsp3) is 0.875. The number of carboxylic acids is 1. The SMILES string of the molecule is CC(=O)O[C@@H]1CC[C@@]2(C)[C@H](CC[C@]3(C)[C@@H]2CC=C2[C@H]4CC(C)(C)CC[C@]4(C(=O)O)CC[C@]23C)C1(C)C. The molecule has 4 heteroatoms. The van der Waals surface area contributed by atoms with Crippen molar-refractivity contribution in [1.29, 1.82) is 0 Å². The molecule has 0 unspecified atom stereocenters. The Kier molecular flexibility index (Phi) is 5.74. The molecule has 0 amide bonds. The van der Waals surface area contributed by atoms with Crippen molar-refractivity contribution in [2.75, 3.05) is 0 Å². The molecule has 0 aromatic carbocycles. The van der Waals surface area contributed by atoms with Gasteiger partial charge in [0.25, 0.3) is 0 Å². The first-order valence-corrected chi connectivity index (χ1v) is 14.6. The molecule has 1 N–H and O–H groups in total. The first-order chi connectivity index (χ1) is 16.5. The van der Waals surface area contributed by atoms with Gasteiger partial charge in [0.1, 0.15) is 6.10 Å². The second kappa shape index (κ2) is 7.85. The van der Waals surface area contributed by atoms with E-state index in [0.29, 0.717) is 11.8 Å². The average Bonchev–Trinajstić information content (AvgIpc) is 2.75. The lowest BCUT2D eigenvalue weighted by Crippen LogP contribution is -2.65. The molecule has 5 aliphatic carbocycles. The molecule has 0 radical (unpaired) electrons. The molecule has 5 rings (SSSR count). The third-order valence-corrected chi connectivity index (χ3v) is 13.3. The van der Waals surface area contributed by atoms with Crippen LogP contribution < -0.4 is 0 Å². The summed E-state index contributed by atoms with van der Waals surface area (Å²) in [5.74, 6) is 0.546. The normalized spacial score (nSPS) is 48.8. The number of rotatable bonds is 2. The topological polar surface area (TPSA) is 63.6 Å². The minimum absolute atomic E-state index is 0.00181. The Morgan fingerprint density at radius 2 is 1.56 bits per heavy atom. The number of carbonyl (C=O) groups excluding carboxylic acids is 1. The van der Waals surface area contributed by atoms with Crippen molar-refractivity contribution in [3.63, 3.8) is 0 Å². The van der Waals surface area contributed by atoms with Crippen LogP contribution >= 0.6 is 0 Å². The molecule has 202 valence electrons. The van der Waals surface area contributed by atoms with Gasteiger partial charge in [-0.25, -0.2) is 0 Å². The monoisotopic (exact) mass is 498 g/mol. The summed E-state index contributed by atoms with van der Waals surface area (Å²) < 4.78 is 5.87. The van der Waals surface area contributed by atoms with Gasteiger partial charge in [-0.15, -0.1) is 0 Å². The molecule has 36 heavy (non-hydrogen) atoms. The van der Waals surface area contributed by atoms with Gasteiger partial charge in [-0.3, -0.25) is 9.59 Å². The molecule has 4 fully saturated rings. The number of carbonyl (C=O) groups is 2. The van der Waals surface area contributed by atoms with Crippen LogP contribution in [0.1, 0.15) is 120 Å². The molecule has 0 aliphatic heterocycles. The largest absolute Gasteiger partial charge is 0.481 e. The van der Waals surface area contributed by atoms with Crippen molar-refractivity contribution < 1.29 is 19.4 Å². The van der Waals surface area contributed by atoms with E-state index < -0.39 is 11.4 Å². The average molecular weight is 499 g/mol. The van der Waals surface area contributed by atoms with Gasteiger partial charge in [-0.2, -0.15) is 0 Å². The Hall–Kier alpha value is -1.32. The third-order valence-electron chi connectivity index (χ3n) is 13.3. The van der Waals surface area contributed by atoms with E-state index in [1.807, 2.05) is 0 Å². The van der Waals surface area contributed by atoms with Crippen molar-refractivity contribution in [2.24, 2.45) is 50.2 Å². The number of carboxylic acid groups (broad SMARTS) is 1. The van der Waals surface area contributed by atoms with Crippen LogP contribution in [0.2, 0.25) is 0 Å². The van der Waals surface area contributed by atoms with Crippen LogP contribution in [0.15, 0.2) is 11.6 Å². The van der Waals surface area contributed by atoms with Gasteiger partial charge in [0, 0.05) is 12.3 Å². The molecule has 5 aliphatic rings. The highest BCUT2D eigenvalue weighted by Crippen LogP contribution is 2.75. The molecule has 0 saturated heterocycles. The van der Waals surface area contributed by atoms with Crippen LogP contribution in [0.4, 0.5) is 0 Å². The first-order valence-electron chi connectivity index (χ1n) is 14.6. The van der Waals surface area contributed by atoms with E-state index >= 15 is 0 Å². The van der Waals surface area contributed by atoms with Crippen LogP contribution in [-0.4, -0.2) is 23.1 Å². The van der Waals surface area contributed by atoms with Gasteiger partial charge in [-0.05, 0) is 104 Å². The number of aliphatic carboxylic acids is 1. The van der Waals surface area contributed by atoms with Gasteiger partial charge in [0.2, 0.25) is 0 Å².